The summed E-state index contributed by atoms with van der Waals surface area (Å²) in [5, 5.41) is 24.0. The van der Waals surface area contributed by atoms with Crippen LogP contribution in [0.15, 0.2) is 29.2 Å². The second-order valence-electron chi connectivity index (χ2n) is 8.38. The maximum atomic E-state index is 11.3. The van der Waals surface area contributed by atoms with Crippen molar-refractivity contribution in [1.29, 1.82) is 0 Å². The van der Waals surface area contributed by atoms with E-state index in [4.69, 9.17) is 17.4 Å². The van der Waals surface area contributed by atoms with Crippen molar-refractivity contribution in [1.82, 2.24) is 15.7 Å². The van der Waals surface area contributed by atoms with Crippen molar-refractivity contribution in [2.24, 2.45) is 5.14 Å². The topological polar surface area (TPSA) is 108 Å². The van der Waals surface area contributed by atoms with Crippen molar-refractivity contribution in [3.63, 3.8) is 0 Å². The number of primary sulfonamides is 1. The van der Waals surface area contributed by atoms with Gasteiger partial charge in [-0.1, -0.05) is 12.1 Å². The summed E-state index contributed by atoms with van der Waals surface area (Å²) in [4.78, 5) is 0.108. The van der Waals surface area contributed by atoms with Crippen LogP contribution >= 0.6 is 12.2 Å². The first-order chi connectivity index (χ1) is 12.3. The zero-order valence-electron chi connectivity index (χ0n) is 16.3. The molecule has 1 heterocycles. The number of piperidine rings is 1. The smallest absolute Gasteiger partial charge is 0.238 e. The van der Waals surface area contributed by atoms with Gasteiger partial charge in [0.15, 0.2) is 5.11 Å². The van der Waals surface area contributed by atoms with Crippen LogP contribution in [0.2, 0.25) is 0 Å². The Morgan fingerprint density at radius 1 is 1.22 bits per heavy atom. The van der Waals surface area contributed by atoms with Crippen molar-refractivity contribution in [2.45, 2.75) is 69.0 Å². The van der Waals surface area contributed by atoms with Crippen molar-refractivity contribution < 1.29 is 13.6 Å². The molecule has 27 heavy (non-hydrogen) atoms. The zero-order valence-corrected chi connectivity index (χ0v) is 18.0. The number of sulfonamides is 1. The van der Waals surface area contributed by atoms with Gasteiger partial charge >= 0.3 is 0 Å². The van der Waals surface area contributed by atoms with Crippen LogP contribution in [-0.4, -0.2) is 47.5 Å². The van der Waals surface area contributed by atoms with Crippen LogP contribution in [-0.2, 0) is 16.4 Å². The molecule has 0 saturated carbocycles. The van der Waals surface area contributed by atoms with Crippen molar-refractivity contribution in [3.8, 4) is 0 Å². The predicted octanol–water partition coefficient (Wildman–Crippen LogP) is 1.75. The molecule has 1 aromatic carbocycles. The molecule has 0 aromatic heterocycles. The summed E-state index contributed by atoms with van der Waals surface area (Å²) in [6, 6.07) is 6.69. The zero-order chi connectivity index (χ0) is 20.5. The monoisotopic (exact) mass is 414 g/mol. The molecule has 0 radical (unpaired) electrons. The standard InChI is InChI=1S/C18H30N4O3S2/c1-17(2)11-14(12-18(3,4)22(17)23)21-16(26)20-10-9-13-5-7-15(8-6-13)27(19,24)25/h5-8,14,23H,9-12H2,1-4H3,(H2,19,24,25)(H2,20,21,26). The summed E-state index contributed by atoms with van der Waals surface area (Å²) < 4.78 is 22.5. The highest BCUT2D eigenvalue weighted by Gasteiger charge is 2.45. The molecule has 0 bridgehead atoms. The van der Waals surface area contributed by atoms with Gasteiger partial charge in [0.25, 0.3) is 0 Å². The number of rotatable bonds is 5. The highest BCUT2D eigenvalue weighted by Crippen LogP contribution is 2.36. The number of nitrogens with one attached hydrogen (secondary N) is 2. The van der Waals surface area contributed by atoms with Crippen LogP contribution < -0.4 is 15.8 Å². The highest BCUT2D eigenvalue weighted by molar-refractivity contribution is 7.89. The Labute approximate surface area is 167 Å². The Balaban J connectivity index is 1.83. The molecular formula is C18H30N4O3S2. The predicted molar refractivity (Wildman–Crippen MR) is 110 cm³/mol. The third-order valence-electron chi connectivity index (χ3n) is 4.92. The number of hydrogen-bond acceptors (Lipinski definition) is 5. The second kappa shape index (κ2) is 8.00. The van der Waals surface area contributed by atoms with E-state index in [2.05, 4.69) is 10.6 Å². The molecule has 0 unspecified atom stereocenters. The minimum atomic E-state index is -3.66. The minimum Gasteiger partial charge on any atom is -0.362 e. The summed E-state index contributed by atoms with van der Waals surface area (Å²) in [5.41, 5.74) is 0.328. The van der Waals surface area contributed by atoms with Gasteiger partial charge in [0.2, 0.25) is 10.0 Å². The van der Waals surface area contributed by atoms with Crippen molar-refractivity contribution in [3.05, 3.63) is 29.8 Å². The first-order valence-corrected chi connectivity index (χ1v) is 10.9. The van der Waals surface area contributed by atoms with Gasteiger partial charge in [0, 0.05) is 23.7 Å². The third kappa shape index (κ3) is 5.86. The molecule has 152 valence electrons. The van der Waals surface area contributed by atoms with Gasteiger partial charge in [0.1, 0.15) is 0 Å². The Hall–Kier alpha value is -1.26. The lowest BCUT2D eigenvalue weighted by atomic mass is 9.79. The Kier molecular flexibility index (Phi) is 6.53. The average molecular weight is 415 g/mol. The fourth-order valence-corrected chi connectivity index (χ4v) is 4.56. The number of benzene rings is 1. The molecule has 2 rings (SSSR count). The number of hydroxylamine groups is 2. The van der Waals surface area contributed by atoms with Crippen LogP contribution in [0.25, 0.3) is 0 Å². The number of thiocarbonyl (C=S) groups is 1. The fourth-order valence-electron chi connectivity index (χ4n) is 3.78. The third-order valence-corrected chi connectivity index (χ3v) is 6.12. The molecule has 0 atom stereocenters. The van der Waals surface area contributed by atoms with E-state index in [0.29, 0.717) is 18.1 Å². The van der Waals surface area contributed by atoms with E-state index >= 15 is 0 Å². The molecule has 1 aliphatic heterocycles. The summed E-state index contributed by atoms with van der Waals surface area (Å²) in [7, 11) is -3.66. The van der Waals surface area contributed by atoms with Gasteiger partial charge in [-0.25, -0.2) is 13.6 Å². The molecule has 1 fully saturated rings. The summed E-state index contributed by atoms with van der Waals surface area (Å²) in [6.45, 7) is 8.70. The second-order valence-corrected chi connectivity index (χ2v) is 10.4. The molecule has 0 spiro atoms. The molecule has 1 aliphatic rings. The first kappa shape index (κ1) is 22.0. The lowest BCUT2D eigenvalue weighted by Crippen LogP contribution is -2.63. The lowest BCUT2D eigenvalue weighted by molar-refractivity contribution is -0.245. The minimum absolute atomic E-state index is 0.108. The van der Waals surface area contributed by atoms with E-state index in [-0.39, 0.29) is 22.0 Å². The fraction of sp³-hybridized carbons (Fsp3) is 0.611. The van der Waals surface area contributed by atoms with Crippen molar-refractivity contribution in [2.75, 3.05) is 6.54 Å². The van der Waals surface area contributed by atoms with E-state index in [9.17, 15) is 13.6 Å². The summed E-state index contributed by atoms with van der Waals surface area (Å²) in [5.74, 6) is 0. The first-order valence-electron chi connectivity index (χ1n) is 8.97. The molecule has 9 heteroatoms. The number of nitrogens with two attached hydrogens (primary N) is 1. The highest BCUT2D eigenvalue weighted by atomic mass is 32.2. The quantitative estimate of drug-likeness (QED) is 0.544. The van der Waals surface area contributed by atoms with Crippen LogP contribution in [0.4, 0.5) is 0 Å². The Morgan fingerprint density at radius 3 is 2.22 bits per heavy atom. The molecule has 5 N–H and O–H groups in total. The normalized spacial score (nSPS) is 20.2. The summed E-state index contributed by atoms with van der Waals surface area (Å²) in [6.07, 6.45) is 2.27. The van der Waals surface area contributed by atoms with E-state index in [1.54, 1.807) is 12.1 Å². The van der Waals surface area contributed by atoms with Crippen LogP contribution in [0, 0.1) is 0 Å². The molecule has 0 aliphatic carbocycles. The summed E-state index contributed by atoms with van der Waals surface area (Å²) >= 11 is 5.41. The maximum Gasteiger partial charge on any atom is 0.238 e. The SMILES string of the molecule is CC1(C)CC(NC(=S)NCCc2ccc(S(N)(=O)=O)cc2)CC(C)(C)N1O. The number of hydrogen-bond donors (Lipinski definition) is 4. The van der Waals surface area contributed by atoms with Gasteiger partial charge in [-0.2, -0.15) is 5.06 Å². The maximum absolute atomic E-state index is 11.3. The van der Waals surface area contributed by atoms with Crippen LogP contribution in [0.3, 0.4) is 0 Å². The van der Waals surface area contributed by atoms with Crippen LogP contribution in [0.1, 0.15) is 46.1 Å². The average Bonchev–Trinajstić information content (AvgIpc) is 2.51. The molecule has 1 saturated heterocycles. The van der Waals surface area contributed by atoms with Gasteiger partial charge < -0.3 is 15.8 Å². The van der Waals surface area contributed by atoms with E-state index in [1.807, 2.05) is 27.7 Å². The Bertz CT molecular complexity index is 758. The molecule has 0 amide bonds. The van der Waals surface area contributed by atoms with E-state index in [1.165, 1.54) is 17.2 Å². The largest absolute Gasteiger partial charge is 0.362 e. The number of nitrogens with zero attached hydrogens (tertiary/aromatic N) is 1. The lowest BCUT2D eigenvalue weighted by Gasteiger charge is -2.51. The van der Waals surface area contributed by atoms with Gasteiger partial charge in [-0.3, -0.25) is 0 Å². The van der Waals surface area contributed by atoms with Crippen LogP contribution in [0.5, 0.6) is 0 Å². The van der Waals surface area contributed by atoms with Gasteiger partial charge in [-0.15, -0.1) is 0 Å². The van der Waals surface area contributed by atoms with Crippen molar-refractivity contribution >= 4 is 27.4 Å². The molecule has 1 aromatic rings. The van der Waals surface area contributed by atoms with Gasteiger partial charge in [0.05, 0.1) is 4.90 Å². The Morgan fingerprint density at radius 2 is 1.74 bits per heavy atom. The molecular weight excluding hydrogens is 384 g/mol. The van der Waals surface area contributed by atoms with Gasteiger partial charge in [-0.05, 0) is 76.9 Å². The molecule has 7 nitrogen and oxygen atoms in total. The van der Waals surface area contributed by atoms with E-state index < -0.39 is 10.0 Å². The van der Waals surface area contributed by atoms with E-state index in [0.717, 1.165) is 18.4 Å².